The molecule has 0 aliphatic heterocycles. The summed E-state index contributed by atoms with van der Waals surface area (Å²) in [6.45, 7) is 7.82. The van der Waals surface area contributed by atoms with Crippen molar-refractivity contribution in [3.05, 3.63) is 47.8 Å². The third-order valence-electron chi connectivity index (χ3n) is 2.23. The zero-order valence-electron chi connectivity index (χ0n) is 9.39. The highest BCUT2D eigenvalue weighted by Gasteiger charge is 2.18. The van der Waals surface area contributed by atoms with E-state index >= 15 is 0 Å². The van der Waals surface area contributed by atoms with Gasteiger partial charge in [-0.1, -0.05) is 17.7 Å². The molecule has 0 spiro atoms. The lowest BCUT2D eigenvalue weighted by atomic mass is 9.88. The van der Waals surface area contributed by atoms with Gasteiger partial charge in [-0.15, -0.1) is 6.58 Å². The Morgan fingerprint density at radius 1 is 1.40 bits per heavy atom. The average molecular weight is 207 g/mol. The molecule has 1 rings (SSSR count). The van der Waals surface area contributed by atoms with E-state index in [2.05, 4.69) is 6.58 Å². The van der Waals surface area contributed by atoms with Gasteiger partial charge in [0.15, 0.2) is 0 Å². The van der Waals surface area contributed by atoms with Gasteiger partial charge in [0.2, 0.25) is 0 Å². The summed E-state index contributed by atoms with van der Waals surface area (Å²) >= 11 is 0. The fourth-order valence-corrected chi connectivity index (χ4v) is 1.82. The topological polar surface area (TPSA) is 26.0 Å². The van der Waals surface area contributed by atoms with Crippen molar-refractivity contribution >= 4 is 0 Å². The molecule has 1 aromatic carbocycles. The smallest absolute Gasteiger partial charge is 0.123 e. The van der Waals surface area contributed by atoms with Crippen LogP contribution < -0.4 is 5.73 Å². The number of benzene rings is 1. The van der Waals surface area contributed by atoms with Crippen molar-refractivity contribution in [2.75, 3.05) is 0 Å². The molecule has 1 unspecified atom stereocenters. The van der Waals surface area contributed by atoms with Crippen molar-refractivity contribution in [3.8, 4) is 0 Å². The summed E-state index contributed by atoms with van der Waals surface area (Å²) in [6.07, 6.45) is 1.52. The Morgan fingerprint density at radius 3 is 2.40 bits per heavy atom. The van der Waals surface area contributed by atoms with Crippen LogP contribution in [0.4, 0.5) is 4.39 Å². The minimum atomic E-state index is -0.302. The first kappa shape index (κ1) is 11.9. The van der Waals surface area contributed by atoms with E-state index in [1.54, 1.807) is 12.1 Å². The standard InChI is InChI=1S/C13H18FN/c1-10(2)8-13(3,15)9-11-4-6-12(14)7-5-11/h4-7H,1,8-9,15H2,2-3H3. The predicted molar refractivity (Wildman–Crippen MR) is 62.1 cm³/mol. The molecule has 0 radical (unpaired) electrons. The molecule has 0 amide bonds. The van der Waals surface area contributed by atoms with Crippen LogP contribution in [0.2, 0.25) is 0 Å². The zero-order chi connectivity index (χ0) is 11.5. The van der Waals surface area contributed by atoms with Gasteiger partial charge in [0.1, 0.15) is 5.82 Å². The lowest BCUT2D eigenvalue weighted by molar-refractivity contribution is 0.461. The fourth-order valence-electron chi connectivity index (χ4n) is 1.82. The minimum absolute atomic E-state index is 0.211. The Hall–Kier alpha value is -1.15. The predicted octanol–water partition coefficient (Wildman–Crippen LogP) is 3.05. The van der Waals surface area contributed by atoms with E-state index in [1.807, 2.05) is 13.8 Å². The molecular formula is C13H18FN. The van der Waals surface area contributed by atoms with E-state index in [-0.39, 0.29) is 11.4 Å². The van der Waals surface area contributed by atoms with E-state index < -0.39 is 0 Å². The normalized spacial score (nSPS) is 14.7. The van der Waals surface area contributed by atoms with Crippen LogP contribution in [0.5, 0.6) is 0 Å². The van der Waals surface area contributed by atoms with Crippen molar-refractivity contribution in [1.82, 2.24) is 0 Å². The molecule has 15 heavy (non-hydrogen) atoms. The number of nitrogens with two attached hydrogens (primary N) is 1. The Morgan fingerprint density at radius 2 is 1.93 bits per heavy atom. The van der Waals surface area contributed by atoms with Crippen LogP contribution in [0.1, 0.15) is 25.8 Å². The lowest BCUT2D eigenvalue weighted by Gasteiger charge is -2.24. The van der Waals surface area contributed by atoms with E-state index in [1.165, 1.54) is 12.1 Å². The first-order valence-electron chi connectivity index (χ1n) is 5.07. The maximum atomic E-state index is 12.7. The van der Waals surface area contributed by atoms with E-state index in [0.717, 1.165) is 24.0 Å². The van der Waals surface area contributed by atoms with Crippen molar-refractivity contribution in [2.45, 2.75) is 32.2 Å². The number of halogens is 1. The first-order chi connectivity index (χ1) is 6.89. The molecular weight excluding hydrogens is 189 g/mol. The minimum Gasteiger partial charge on any atom is -0.325 e. The average Bonchev–Trinajstić information content (AvgIpc) is 2.06. The molecule has 0 heterocycles. The van der Waals surface area contributed by atoms with E-state index in [9.17, 15) is 4.39 Å². The van der Waals surface area contributed by atoms with Gasteiger partial charge in [-0.3, -0.25) is 0 Å². The molecule has 2 heteroatoms. The molecule has 0 aliphatic carbocycles. The van der Waals surface area contributed by atoms with Crippen LogP contribution in [0.25, 0.3) is 0 Å². The van der Waals surface area contributed by atoms with Gasteiger partial charge in [-0.2, -0.15) is 0 Å². The Bertz CT molecular complexity index is 338. The van der Waals surface area contributed by atoms with Gasteiger partial charge in [0.25, 0.3) is 0 Å². The monoisotopic (exact) mass is 207 g/mol. The molecule has 82 valence electrons. The summed E-state index contributed by atoms with van der Waals surface area (Å²) in [5.74, 6) is -0.211. The molecule has 0 saturated heterocycles. The molecule has 0 aliphatic rings. The summed E-state index contributed by atoms with van der Waals surface area (Å²) in [6, 6.07) is 6.48. The van der Waals surface area contributed by atoms with Crippen LogP contribution in [0, 0.1) is 5.82 Å². The molecule has 0 aromatic heterocycles. The molecule has 0 bridgehead atoms. The second-order valence-electron chi connectivity index (χ2n) is 4.59. The fraction of sp³-hybridized carbons (Fsp3) is 0.385. The van der Waals surface area contributed by atoms with Gasteiger partial charge in [0, 0.05) is 5.54 Å². The molecule has 0 fully saturated rings. The Balaban J connectivity index is 2.68. The highest BCUT2D eigenvalue weighted by Crippen LogP contribution is 2.18. The highest BCUT2D eigenvalue weighted by molar-refractivity contribution is 5.19. The number of hydrogen-bond acceptors (Lipinski definition) is 1. The van der Waals surface area contributed by atoms with E-state index in [0.29, 0.717) is 0 Å². The molecule has 0 saturated carbocycles. The number of rotatable bonds is 4. The zero-order valence-corrected chi connectivity index (χ0v) is 9.39. The third-order valence-corrected chi connectivity index (χ3v) is 2.23. The van der Waals surface area contributed by atoms with E-state index in [4.69, 9.17) is 5.73 Å². The van der Waals surface area contributed by atoms with Crippen molar-refractivity contribution in [1.29, 1.82) is 0 Å². The SMILES string of the molecule is C=C(C)CC(C)(N)Cc1ccc(F)cc1. The van der Waals surface area contributed by atoms with Gasteiger partial charge in [-0.25, -0.2) is 4.39 Å². The van der Waals surface area contributed by atoms with Gasteiger partial charge >= 0.3 is 0 Å². The van der Waals surface area contributed by atoms with Crippen LogP contribution >= 0.6 is 0 Å². The van der Waals surface area contributed by atoms with Crippen LogP contribution in [-0.2, 0) is 6.42 Å². The summed E-state index contributed by atoms with van der Waals surface area (Å²) in [5, 5.41) is 0. The van der Waals surface area contributed by atoms with Crippen LogP contribution in [0.3, 0.4) is 0 Å². The Kier molecular flexibility index (Phi) is 3.64. The van der Waals surface area contributed by atoms with Crippen molar-refractivity contribution in [3.63, 3.8) is 0 Å². The van der Waals surface area contributed by atoms with Gasteiger partial charge < -0.3 is 5.73 Å². The van der Waals surface area contributed by atoms with Crippen LogP contribution in [0.15, 0.2) is 36.4 Å². The van der Waals surface area contributed by atoms with Crippen molar-refractivity contribution in [2.24, 2.45) is 5.73 Å². The summed E-state index contributed by atoms with van der Waals surface area (Å²) in [7, 11) is 0. The summed E-state index contributed by atoms with van der Waals surface area (Å²) in [4.78, 5) is 0. The maximum Gasteiger partial charge on any atom is 0.123 e. The molecule has 1 aromatic rings. The molecule has 1 atom stereocenters. The molecule has 2 N–H and O–H groups in total. The second-order valence-corrected chi connectivity index (χ2v) is 4.59. The van der Waals surface area contributed by atoms with Crippen molar-refractivity contribution < 1.29 is 4.39 Å². The van der Waals surface area contributed by atoms with Gasteiger partial charge in [0.05, 0.1) is 0 Å². The lowest BCUT2D eigenvalue weighted by Crippen LogP contribution is -2.38. The summed E-state index contributed by atoms with van der Waals surface area (Å²) in [5.41, 5.74) is 7.96. The Labute approximate surface area is 90.8 Å². The summed E-state index contributed by atoms with van der Waals surface area (Å²) < 4.78 is 12.7. The largest absolute Gasteiger partial charge is 0.325 e. The highest BCUT2D eigenvalue weighted by atomic mass is 19.1. The van der Waals surface area contributed by atoms with Gasteiger partial charge in [-0.05, 0) is 44.4 Å². The maximum absolute atomic E-state index is 12.7. The number of hydrogen-bond donors (Lipinski definition) is 1. The van der Waals surface area contributed by atoms with Crippen LogP contribution in [-0.4, -0.2) is 5.54 Å². The molecule has 1 nitrogen and oxygen atoms in total. The quantitative estimate of drug-likeness (QED) is 0.754. The third kappa shape index (κ3) is 4.26. The first-order valence-corrected chi connectivity index (χ1v) is 5.07. The second kappa shape index (κ2) is 4.58.